The van der Waals surface area contributed by atoms with Crippen molar-refractivity contribution >= 4 is 28.9 Å². The van der Waals surface area contributed by atoms with Crippen molar-refractivity contribution in [2.75, 3.05) is 0 Å². The summed E-state index contributed by atoms with van der Waals surface area (Å²) in [5.74, 6) is 0. The third-order valence-corrected chi connectivity index (χ3v) is 19.2. The maximum absolute atomic E-state index is 6.93. The first-order valence-electron chi connectivity index (χ1n) is 19.5. The van der Waals surface area contributed by atoms with Gasteiger partial charge in [-0.3, -0.25) is 0 Å². The van der Waals surface area contributed by atoms with Gasteiger partial charge in [0.2, 0.25) is 0 Å². The van der Waals surface area contributed by atoms with Gasteiger partial charge in [-0.1, -0.05) is 0 Å². The minimum absolute atomic E-state index is 0. The van der Waals surface area contributed by atoms with Crippen LogP contribution in [-0.4, -0.2) is 3.21 Å². The fourth-order valence-electron chi connectivity index (χ4n) is 8.87. The molecule has 5 aromatic rings. The Kier molecular flexibility index (Phi) is 12.4. The standard InChI is InChI=1S/C29H41.C17H11Cl.C5H5.2ClH.Zr/c1-26(2,3)22-14-18-13-19-15-23(27(4,5)6)25(29(10,11)12)17-21(19)20(18)16-24(22)28(7,8)9;18-16-9-3-5-13(12-16)11-15-8-4-7-14-6-1-2-10-17(14)15;1-2-4-5-3-1;;;/h14,16-17H,13H2,1-12H3;1-10,12H;1-3H,4H2;2*1H;/q;;;;;+2/p-2. The summed E-state index contributed by atoms with van der Waals surface area (Å²) in [4.78, 5) is 0. The second kappa shape index (κ2) is 15.7. The molecular formula is C51H57Cl3Zr. The van der Waals surface area contributed by atoms with Crippen LogP contribution >= 0.6 is 11.6 Å². The second-order valence-electron chi connectivity index (χ2n) is 19.5. The Labute approximate surface area is 356 Å². The number of rotatable bonds is 4. The average Bonchev–Trinajstić information content (AvgIpc) is 3.72. The molecule has 0 bridgehead atoms. The van der Waals surface area contributed by atoms with Gasteiger partial charge in [0.05, 0.1) is 0 Å². The molecule has 0 aliphatic heterocycles. The van der Waals surface area contributed by atoms with Crippen molar-refractivity contribution in [1.29, 1.82) is 0 Å². The van der Waals surface area contributed by atoms with E-state index >= 15 is 0 Å². The van der Waals surface area contributed by atoms with E-state index in [0.29, 0.717) is 0 Å². The summed E-state index contributed by atoms with van der Waals surface area (Å²) in [7, 11) is 0. The average molecular weight is 868 g/mol. The molecule has 0 amide bonds. The summed E-state index contributed by atoms with van der Waals surface area (Å²) in [6.45, 7) is 29.0. The second-order valence-corrected chi connectivity index (χ2v) is 25.9. The molecule has 0 N–H and O–H groups in total. The molecule has 4 heteroatoms. The summed E-state index contributed by atoms with van der Waals surface area (Å²) in [5, 5.41) is 3.40. The van der Waals surface area contributed by atoms with Crippen LogP contribution in [0.2, 0.25) is 5.02 Å². The van der Waals surface area contributed by atoms with E-state index in [2.05, 4.69) is 180 Å². The molecule has 0 aromatic heterocycles. The molecule has 5 aromatic carbocycles. The smallest absolute Gasteiger partial charge is 1.00 e. The number of benzene rings is 5. The Morgan fingerprint density at radius 2 is 1.22 bits per heavy atom. The van der Waals surface area contributed by atoms with E-state index < -0.39 is 21.3 Å². The molecule has 286 valence electrons. The Morgan fingerprint density at radius 1 is 0.618 bits per heavy atom. The Balaban J connectivity index is 0.00000290. The van der Waals surface area contributed by atoms with Crippen LogP contribution in [0.3, 0.4) is 0 Å². The monoisotopic (exact) mass is 864 g/mol. The first-order chi connectivity index (χ1) is 24.7. The molecule has 0 nitrogen and oxygen atoms in total. The Hall–Kier alpha value is -2.54. The van der Waals surface area contributed by atoms with Crippen LogP contribution in [0.4, 0.5) is 0 Å². The fourth-order valence-corrected chi connectivity index (χ4v) is 18.1. The molecule has 0 saturated carbocycles. The van der Waals surface area contributed by atoms with E-state index in [1.54, 1.807) is 17.7 Å². The number of allylic oxidation sites excluding steroid dienone is 4. The van der Waals surface area contributed by atoms with Gasteiger partial charge in [-0.05, 0) is 0 Å². The first-order valence-corrected chi connectivity index (χ1v) is 23.6. The van der Waals surface area contributed by atoms with Crippen LogP contribution < -0.4 is 28.1 Å². The van der Waals surface area contributed by atoms with Gasteiger partial charge in [0.1, 0.15) is 0 Å². The molecule has 55 heavy (non-hydrogen) atoms. The van der Waals surface area contributed by atoms with Gasteiger partial charge in [-0.25, -0.2) is 0 Å². The van der Waals surface area contributed by atoms with Crippen molar-refractivity contribution in [3.8, 4) is 11.1 Å². The summed E-state index contributed by atoms with van der Waals surface area (Å²) >= 11 is 3.83. The minimum Gasteiger partial charge on any atom is -1.00 e. The van der Waals surface area contributed by atoms with E-state index in [4.69, 9.17) is 11.6 Å². The van der Waals surface area contributed by atoms with E-state index in [1.165, 1.54) is 58.5 Å². The zero-order valence-electron chi connectivity index (χ0n) is 34.9. The third kappa shape index (κ3) is 8.26. The third-order valence-electron chi connectivity index (χ3n) is 11.3. The minimum atomic E-state index is -3.11. The van der Waals surface area contributed by atoms with Crippen LogP contribution in [0, 0.1) is 0 Å². The number of hydrogen-bond acceptors (Lipinski definition) is 0. The predicted molar refractivity (Wildman–Crippen MR) is 230 cm³/mol. The summed E-state index contributed by atoms with van der Waals surface area (Å²) in [5.41, 5.74) is 14.6. The summed E-state index contributed by atoms with van der Waals surface area (Å²) < 4.78 is 4.85. The largest absolute Gasteiger partial charge is 1.00 e. The van der Waals surface area contributed by atoms with Gasteiger partial charge < -0.3 is 24.8 Å². The quantitative estimate of drug-likeness (QED) is 0.171. The Bertz CT molecular complexity index is 2370. The van der Waals surface area contributed by atoms with E-state index in [-0.39, 0.29) is 46.5 Å². The van der Waals surface area contributed by atoms with E-state index in [1.807, 2.05) is 6.07 Å². The molecule has 2 aliphatic carbocycles. The van der Waals surface area contributed by atoms with E-state index in [9.17, 15) is 0 Å². The molecule has 2 aliphatic rings. The summed E-state index contributed by atoms with van der Waals surface area (Å²) in [6, 6.07) is 32.5. The molecular weight excluding hydrogens is 810 g/mol. The zero-order valence-corrected chi connectivity index (χ0v) is 39.6. The van der Waals surface area contributed by atoms with Gasteiger partial charge in [0.25, 0.3) is 0 Å². The van der Waals surface area contributed by atoms with Gasteiger partial charge in [0.15, 0.2) is 0 Å². The van der Waals surface area contributed by atoms with Crippen molar-refractivity contribution < 1.29 is 46.1 Å². The number of hydrogen-bond donors (Lipinski definition) is 0. The maximum atomic E-state index is 6.93. The van der Waals surface area contributed by atoms with Gasteiger partial charge in [0, 0.05) is 0 Å². The van der Waals surface area contributed by atoms with Crippen LogP contribution in [-0.2, 0) is 49.3 Å². The van der Waals surface area contributed by atoms with Gasteiger partial charge in [-0.15, -0.1) is 0 Å². The SMILES string of the molecule is CC(C)(C)c1cc2c(cc1C(C)(C)C)-c1cc(C(C)(C)C)c(C(C)(C)C)[c](/[Zr+2]([C]3=CC=CC3)=[C](\c3cccc(Cl)c3)c3cccc4ccccc34)c1C2.[Cl-].[Cl-]. The van der Waals surface area contributed by atoms with Crippen molar-refractivity contribution in [3.63, 3.8) is 0 Å². The van der Waals surface area contributed by atoms with Crippen LogP contribution in [0.25, 0.3) is 21.9 Å². The van der Waals surface area contributed by atoms with Gasteiger partial charge >= 0.3 is 335 Å². The molecule has 0 spiro atoms. The molecule has 0 heterocycles. The molecule has 0 saturated heterocycles. The molecule has 7 rings (SSSR count). The number of halogens is 3. The predicted octanol–water partition coefficient (Wildman–Crippen LogP) is 7.62. The van der Waals surface area contributed by atoms with Crippen molar-refractivity contribution in [3.05, 3.63) is 156 Å². The van der Waals surface area contributed by atoms with Crippen molar-refractivity contribution in [1.82, 2.24) is 0 Å². The number of fused-ring (bicyclic) bond motifs is 4. The molecule has 0 radical (unpaired) electrons. The van der Waals surface area contributed by atoms with E-state index in [0.717, 1.165) is 17.9 Å². The van der Waals surface area contributed by atoms with Crippen molar-refractivity contribution in [2.45, 2.75) is 118 Å². The first kappa shape index (κ1) is 43.6. The molecule has 0 unspecified atom stereocenters. The zero-order chi connectivity index (χ0) is 38.2. The van der Waals surface area contributed by atoms with Crippen LogP contribution in [0.1, 0.15) is 134 Å². The molecule has 0 fully saturated rings. The summed E-state index contributed by atoms with van der Waals surface area (Å²) in [6.07, 6.45) is 9.18. The normalized spacial score (nSPS) is 14.2. The Morgan fingerprint density at radius 3 is 1.82 bits per heavy atom. The van der Waals surface area contributed by atoms with Gasteiger partial charge in [-0.2, -0.15) is 0 Å². The fraction of sp³-hybridized carbons (Fsp3) is 0.353. The molecule has 0 atom stereocenters. The van der Waals surface area contributed by atoms with Crippen molar-refractivity contribution in [2.24, 2.45) is 0 Å². The van der Waals surface area contributed by atoms with Crippen LogP contribution in [0.5, 0.6) is 0 Å². The van der Waals surface area contributed by atoms with Crippen LogP contribution in [0.15, 0.2) is 106 Å². The topological polar surface area (TPSA) is 0 Å². The maximum Gasteiger partial charge on any atom is -1.00 e.